The van der Waals surface area contributed by atoms with E-state index < -0.39 is 0 Å². The molecule has 0 saturated heterocycles. The zero-order valence-corrected chi connectivity index (χ0v) is 15.9. The number of aromatic nitrogens is 2. The predicted octanol–water partition coefficient (Wildman–Crippen LogP) is 3.45. The van der Waals surface area contributed by atoms with Crippen molar-refractivity contribution < 1.29 is 9.59 Å². The van der Waals surface area contributed by atoms with Crippen LogP contribution < -0.4 is 5.32 Å². The van der Waals surface area contributed by atoms with Crippen LogP contribution in [-0.2, 0) is 17.8 Å². The van der Waals surface area contributed by atoms with Gasteiger partial charge in [-0.2, -0.15) is 0 Å². The van der Waals surface area contributed by atoms with Gasteiger partial charge in [-0.25, -0.2) is 4.98 Å². The van der Waals surface area contributed by atoms with Crippen LogP contribution in [0.2, 0.25) is 0 Å². The Hall–Kier alpha value is -2.84. The molecular formula is C19H16N4O2S2. The number of thiazole rings is 1. The van der Waals surface area contributed by atoms with Crippen LogP contribution >= 0.6 is 22.7 Å². The summed E-state index contributed by atoms with van der Waals surface area (Å²) in [6.45, 7) is 1.14. The number of nitrogens with zero attached hydrogens (tertiary/aromatic N) is 3. The number of carbonyl (C=O) groups is 2. The van der Waals surface area contributed by atoms with Gasteiger partial charge < -0.3 is 4.90 Å². The van der Waals surface area contributed by atoms with E-state index in [1.54, 1.807) is 46.7 Å². The van der Waals surface area contributed by atoms with Crippen molar-refractivity contribution in [2.24, 2.45) is 0 Å². The van der Waals surface area contributed by atoms with E-state index in [4.69, 9.17) is 0 Å². The molecule has 0 radical (unpaired) electrons. The Labute approximate surface area is 164 Å². The largest absolute Gasteiger partial charge is 0.334 e. The Bertz CT molecular complexity index is 981. The van der Waals surface area contributed by atoms with Crippen molar-refractivity contribution in [2.75, 3.05) is 11.9 Å². The summed E-state index contributed by atoms with van der Waals surface area (Å²) in [6.07, 6.45) is 5.72. The van der Waals surface area contributed by atoms with Gasteiger partial charge in [-0.15, -0.1) is 11.3 Å². The summed E-state index contributed by atoms with van der Waals surface area (Å²) in [5.74, 6) is -0.296. The van der Waals surface area contributed by atoms with E-state index in [0.29, 0.717) is 30.3 Å². The molecule has 0 unspecified atom stereocenters. The minimum Gasteiger partial charge on any atom is -0.334 e. The van der Waals surface area contributed by atoms with Gasteiger partial charge in [0.25, 0.3) is 5.91 Å². The first-order chi connectivity index (χ1) is 13.2. The molecule has 1 N–H and O–H groups in total. The Morgan fingerprint density at radius 3 is 2.93 bits per heavy atom. The minimum atomic E-state index is -0.284. The number of anilines is 1. The number of fused-ring (bicyclic) bond motifs is 1. The van der Waals surface area contributed by atoms with Gasteiger partial charge in [-0.1, -0.05) is 23.5 Å². The third-order valence-electron chi connectivity index (χ3n) is 4.09. The molecule has 4 heterocycles. The number of carbonyl (C=O) groups excluding carboxylic acids is 2. The molecule has 1 aliphatic rings. The quantitative estimate of drug-likeness (QED) is 0.686. The number of pyridine rings is 1. The molecule has 3 aromatic heterocycles. The van der Waals surface area contributed by atoms with Crippen molar-refractivity contribution in [1.82, 2.24) is 14.9 Å². The lowest BCUT2D eigenvalue weighted by molar-refractivity contribution is -0.126. The maximum absolute atomic E-state index is 12.4. The fourth-order valence-electron chi connectivity index (χ4n) is 2.74. The molecule has 2 amide bonds. The van der Waals surface area contributed by atoms with Crippen LogP contribution in [-0.4, -0.2) is 33.2 Å². The van der Waals surface area contributed by atoms with E-state index in [0.717, 1.165) is 15.4 Å². The normalized spacial score (nSPS) is 13.6. The molecule has 0 bridgehead atoms. The van der Waals surface area contributed by atoms with Crippen LogP contribution in [0.25, 0.3) is 6.08 Å². The number of hydrogen-bond donors (Lipinski definition) is 1. The number of nitrogens with one attached hydrogen (secondary N) is 1. The third kappa shape index (κ3) is 4.12. The van der Waals surface area contributed by atoms with Gasteiger partial charge in [0.2, 0.25) is 5.91 Å². The Balaban J connectivity index is 1.41. The van der Waals surface area contributed by atoms with Gasteiger partial charge in [-0.3, -0.25) is 19.9 Å². The average Bonchev–Trinajstić information content (AvgIpc) is 3.35. The summed E-state index contributed by atoms with van der Waals surface area (Å²) in [5.41, 5.74) is 1.30. The molecule has 1 aliphatic heterocycles. The molecule has 4 rings (SSSR count). The summed E-state index contributed by atoms with van der Waals surface area (Å²) in [4.78, 5) is 37.0. The van der Waals surface area contributed by atoms with E-state index in [2.05, 4.69) is 15.3 Å². The second-order valence-electron chi connectivity index (χ2n) is 5.92. The predicted molar refractivity (Wildman–Crippen MR) is 107 cm³/mol. The highest BCUT2D eigenvalue weighted by Crippen LogP contribution is 2.28. The molecular weight excluding hydrogens is 380 g/mol. The minimum absolute atomic E-state index is 0.0125. The van der Waals surface area contributed by atoms with Crippen molar-refractivity contribution in [3.8, 4) is 0 Å². The fraction of sp³-hybridized carbons (Fsp3) is 0.158. The first-order valence-electron chi connectivity index (χ1n) is 8.40. The topological polar surface area (TPSA) is 75.2 Å². The maximum Gasteiger partial charge on any atom is 0.276 e. The Morgan fingerprint density at radius 1 is 1.22 bits per heavy atom. The van der Waals surface area contributed by atoms with E-state index >= 15 is 0 Å². The highest BCUT2D eigenvalue weighted by molar-refractivity contribution is 7.15. The summed E-state index contributed by atoms with van der Waals surface area (Å²) < 4.78 is 0. The number of hydrogen-bond acceptors (Lipinski definition) is 6. The Morgan fingerprint density at radius 2 is 2.15 bits per heavy atom. The lowest BCUT2D eigenvalue weighted by Gasteiger charge is -2.24. The van der Waals surface area contributed by atoms with Gasteiger partial charge in [-0.05, 0) is 29.7 Å². The molecule has 3 aromatic rings. The smallest absolute Gasteiger partial charge is 0.276 e. The molecule has 0 fully saturated rings. The van der Waals surface area contributed by atoms with Gasteiger partial charge in [0, 0.05) is 35.0 Å². The first-order valence-corrected chi connectivity index (χ1v) is 10.1. The van der Waals surface area contributed by atoms with Gasteiger partial charge in [0.1, 0.15) is 5.69 Å². The average molecular weight is 396 g/mol. The number of rotatable bonds is 4. The molecule has 27 heavy (non-hydrogen) atoms. The lowest BCUT2D eigenvalue weighted by Crippen LogP contribution is -2.34. The molecule has 136 valence electrons. The van der Waals surface area contributed by atoms with Crippen molar-refractivity contribution in [2.45, 2.75) is 13.0 Å². The summed E-state index contributed by atoms with van der Waals surface area (Å²) >= 11 is 3.01. The summed E-state index contributed by atoms with van der Waals surface area (Å²) in [7, 11) is 0. The summed E-state index contributed by atoms with van der Waals surface area (Å²) in [6, 6.07) is 9.12. The summed E-state index contributed by atoms with van der Waals surface area (Å²) in [5, 5.41) is 5.32. The number of thiophene rings is 1. The van der Waals surface area contributed by atoms with Crippen LogP contribution in [0.5, 0.6) is 0 Å². The first kappa shape index (κ1) is 17.6. The standard InChI is InChI=1S/C19H16N4O2S2/c24-17(7-6-13-4-3-11-26-13)23-10-8-14-16(12-23)27-19(21-14)22-18(25)15-5-1-2-9-20-15/h1-7,9,11H,8,10,12H2,(H,21,22,25)/b7-6+. The zero-order chi connectivity index (χ0) is 18.6. The van der Waals surface area contributed by atoms with Crippen LogP contribution in [0.4, 0.5) is 5.13 Å². The van der Waals surface area contributed by atoms with Crippen molar-refractivity contribution in [3.05, 3.63) is 69.1 Å². The van der Waals surface area contributed by atoms with Gasteiger partial charge in [0.15, 0.2) is 5.13 Å². The van der Waals surface area contributed by atoms with Crippen LogP contribution in [0.1, 0.15) is 25.9 Å². The van der Waals surface area contributed by atoms with Crippen LogP contribution in [0.15, 0.2) is 48.0 Å². The van der Waals surface area contributed by atoms with E-state index in [1.807, 2.05) is 23.6 Å². The van der Waals surface area contributed by atoms with E-state index in [9.17, 15) is 9.59 Å². The molecule has 0 aromatic carbocycles. The van der Waals surface area contributed by atoms with Crippen LogP contribution in [0, 0.1) is 0 Å². The second kappa shape index (κ2) is 7.81. The lowest BCUT2D eigenvalue weighted by atomic mass is 10.2. The van der Waals surface area contributed by atoms with Crippen LogP contribution in [0.3, 0.4) is 0 Å². The van der Waals surface area contributed by atoms with Crippen molar-refractivity contribution in [3.63, 3.8) is 0 Å². The highest BCUT2D eigenvalue weighted by Gasteiger charge is 2.23. The second-order valence-corrected chi connectivity index (χ2v) is 7.98. The maximum atomic E-state index is 12.4. The third-order valence-corrected chi connectivity index (χ3v) is 5.93. The SMILES string of the molecule is O=C(Nc1nc2c(s1)CN(C(=O)/C=C/c1cccs1)CC2)c1ccccn1. The molecule has 0 atom stereocenters. The molecule has 8 heteroatoms. The molecule has 0 aliphatic carbocycles. The monoisotopic (exact) mass is 396 g/mol. The van der Waals surface area contributed by atoms with Crippen molar-refractivity contribution >= 4 is 45.7 Å². The van der Waals surface area contributed by atoms with E-state index in [-0.39, 0.29) is 11.8 Å². The number of amides is 2. The Kier molecular flexibility index (Phi) is 5.08. The molecule has 6 nitrogen and oxygen atoms in total. The zero-order valence-electron chi connectivity index (χ0n) is 14.3. The molecule has 0 spiro atoms. The molecule has 0 saturated carbocycles. The highest BCUT2D eigenvalue weighted by atomic mass is 32.1. The van der Waals surface area contributed by atoms with Crippen molar-refractivity contribution in [1.29, 1.82) is 0 Å². The van der Waals surface area contributed by atoms with Gasteiger partial charge >= 0.3 is 0 Å². The van der Waals surface area contributed by atoms with E-state index in [1.165, 1.54) is 11.3 Å². The van der Waals surface area contributed by atoms with Gasteiger partial charge in [0.05, 0.1) is 12.2 Å². The fourth-order valence-corrected chi connectivity index (χ4v) is 4.38.